The Morgan fingerprint density at radius 2 is 1.79 bits per heavy atom. The van der Waals surface area contributed by atoms with Gasteiger partial charge in [-0.05, 0) is 42.7 Å². The third kappa shape index (κ3) is 2.52. The summed E-state index contributed by atoms with van der Waals surface area (Å²) in [6, 6.07) is 8.40. The molecule has 1 aliphatic carbocycles. The largest absolute Gasteiger partial charge is 0.342 e. The minimum Gasteiger partial charge on any atom is -0.342 e. The van der Waals surface area contributed by atoms with Gasteiger partial charge in [0.25, 0.3) is 0 Å². The lowest BCUT2D eigenvalue weighted by atomic mass is 9.73. The number of benzene rings is 1. The predicted octanol–water partition coefficient (Wildman–Crippen LogP) is 2.47. The van der Waals surface area contributed by atoms with E-state index in [1.54, 1.807) is 0 Å². The standard InChI is InChI=1S/C20H26N2O2/c1-14-11-17(14)18(23)22-9-7-20(8-10-22)12-15-5-3-4-6-16(15)13-21(2)19(20)24/h3-6,14,17H,7-13H2,1-2H3/t14-,17+/m1/s1. The molecule has 4 heteroatoms. The lowest BCUT2D eigenvalue weighted by molar-refractivity contribution is -0.147. The Morgan fingerprint density at radius 1 is 1.17 bits per heavy atom. The SMILES string of the molecule is C[C@@H]1C[C@@H]1C(=O)N1CCC2(CC1)Cc1ccccc1CN(C)C2=O. The molecule has 4 rings (SSSR count). The van der Waals surface area contributed by atoms with Crippen LogP contribution in [-0.4, -0.2) is 41.8 Å². The van der Waals surface area contributed by atoms with Gasteiger partial charge >= 0.3 is 0 Å². The minimum absolute atomic E-state index is 0.243. The van der Waals surface area contributed by atoms with Crippen molar-refractivity contribution in [3.63, 3.8) is 0 Å². The molecule has 2 heterocycles. The molecule has 0 bridgehead atoms. The molecule has 1 aromatic rings. The minimum atomic E-state index is -0.326. The summed E-state index contributed by atoms with van der Waals surface area (Å²) in [6.07, 6.45) is 3.43. The number of fused-ring (bicyclic) bond motifs is 1. The van der Waals surface area contributed by atoms with Crippen molar-refractivity contribution < 1.29 is 9.59 Å². The number of piperidine rings is 1. The number of hydrogen-bond donors (Lipinski definition) is 0. The zero-order valence-electron chi connectivity index (χ0n) is 14.6. The van der Waals surface area contributed by atoms with Crippen LogP contribution < -0.4 is 0 Å². The van der Waals surface area contributed by atoms with E-state index in [4.69, 9.17) is 0 Å². The van der Waals surface area contributed by atoms with E-state index in [-0.39, 0.29) is 17.2 Å². The number of amides is 2. The summed E-state index contributed by atoms with van der Waals surface area (Å²) in [7, 11) is 1.91. The van der Waals surface area contributed by atoms with Crippen LogP contribution in [-0.2, 0) is 22.6 Å². The van der Waals surface area contributed by atoms with Crippen LogP contribution in [0.3, 0.4) is 0 Å². The molecule has 2 amide bonds. The number of nitrogens with zero attached hydrogens (tertiary/aromatic N) is 2. The van der Waals surface area contributed by atoms with E-state index >= 15 is 0 Å². The van der Waals surface area contributed by atoms with Gasteiger partial charge in [0.2, 0.25) is 11.8 Å². The van der Waals surface area contributed by atoms with Crippen LogP contribution in [0.4, 0.5) is 0 Å². The van der Waals surface area contributed by atoms with Gasteiger partial charge in [-0.15, -0.1) is 0 Å². The molecule has 128 valence electrons. The van der Waals surface area contributed by atoms with Crippen molar-refractivity contribution in [2.45, 2.75) is 39.2 Å². The van der Waals surface area contributed by atoms with Crippen molar-refractivity contribution in [2.24, 2.45) is 17.3 Å². The second-order valence-corrected chi connectivity index (χ2v) is 8.03. The summed E-state index contributed by atoms with van der Waals surface area (Å²) >= 11 is 0. The second kappa shape index (κ2) is 5.61. The Hall–Kier alpha value is -1.84. The third-order valence-corrected chi connectivity index (χ3v) is 6.31. The summed E-state index contributed by atoms with van der Waals surface area (Å²) in [6.45, 7) is 4.29. The lowest BCUT2D eigenvalue weighted by Crippen LogP contribution is -2.50. The van der Waals surface area contributed by atoms with Crippen molar-refractivity contribution in [2.75, 3.05) is 20.1 Å². The zero-order valence-corrected chi connectivity index (χ0v) is 14.6. The maximum atomic E-state index is 13.1. The van der Waals surface area contributed by atoms with E-state index < -0.39 is 0 Å². The van der Waals surface area contributed by atoms with Crippen molar-refractivity contribution in [3.05, 3.63) is 35.4 Å². The highest BCUT2D eigenvalue weighted by Crippen LogP contribution is 2.43. The summed E-state index contributed by atoms with van der Waals surface area (Å²) < 4.78 is 0. The van der Waals surface area contributed by atoms with Crippen LogP contribution in [0, 0.1) is 17.3 Å². The first-order valence-electron chi connectivity index (χ1n) is 9.11. The monoisotopic (exact) mass is 326 g/mol. The summed E-state index contributed by atoms with van der Waals surface area (Å²) in [5.74, 6) is 1.36. The molecule has 2 atom stereocenters. The molecular formula is C20H26N2O2. The van der Waals surface area contributed by atoms with Gasteiger partial charge in [-0.25, -0.2) is 0 Å². The second-order valence-electron chi connectivity index (χ2n) is 8.03. The number of hydrogen-bond acceptors (Lipinski definition) is 2. The van der Waals surface area contributed by atoms with E-state index in [9.17, 15) is 9.59 Å². The molecule has 0 N–H and O–H groups in total. The molecule has 0 unspecified atom stereocenters. The highest BCUT2D eigenvalue weighted by Gasteiger charge is 2.48. The number of carbonyl (C=O) groups is 2. The average Bonchev–Trinajstić information content (AvgIpc) is 3.33. The van der Waals surface area contributed by atoms with Gasteiger partial charge in [0, 0.05) is 32.6 Å². The Labute approximate surface area is 143 Å². The lowest BCUT2D eigenvalue weighted by Gasteiger charge is -2.41. The first kappa shape index (κ1) is 15.7. The third-order valence-electron chi connectivity index (χ3n) is 6.31. The van der Waals surface area contributed by atoms with E-state index in [0.29, 0.717) is 18.4 Å². The van der Waals surface area contributed by atoms with Crippen molar-refractivity contribution >= 4 is 11.8 Å². The van der Waals surface area contributed by atoms with Gasteiger partial charge in [0.1, 0.15) is 0 Å². The molecule has 1 saturated heterocycles. The molecule has 1 aromatic carbocycles. The number of carbonyl (C=O) groups excluding carboxylic acids is 2. The smallest absolute Gasteiger partial charge is 0.229 e. The highest BCUT2D eigenvalue weighted by atomic mass is 16.2. The van der Waals surface area contributed by atoms with Gasteiger partial charge < -0.3 is 9.80 Å². The Morgan fingerprint density at radius 3 is 2.42 bits per heavy atom. The fraction of sp³-hybridized carbons (Fsp3) is 0.600. The predicted molar refractivity (Wildman–Crippen MR) is 92.1 cm³/mol. The molecular weight excluding hydrogens is 300 g/mol. The maximum Gasteiger partial charge on any atom is 0.229 e. The maximum absolute atomic E-state index is 13.1. The Bertz CT molecular complexity index is 676. The van der Waals surface area contributed by atoms with Crippen molar-refractivity contribution in [3.8, 4) is 0 Å². The molecule has 2 fully saturated rings. The first-order chi connectivity index (χ1) is 11.5. The van der Waals surface area contributed by atoms with E-state index in [1.165, 1.54) is 11.1 Å². The van der Waals surface area contributed by atoms with Crippen LogP contribution in [0.25, 0.3) is 0 Å². The topological polar surface area (TPSA) is 40.6 Å². The van der Waals surface area contributed by atoms with Gasteiger partial charge in [0.05, 0.1) is 5.41 Å². The molecule has 0 radical (unpaired) electrons. The quantitative estimate of drug-likeness (QED) is 0.795. The molecule has 1 saturated carbocycles. The van der Waals surface area contributed by atoms with Crippen LogP contribution in [0.1, 0.15) is 37.3 Å². The van der Waals surface area contributed by atoms with E-state index in [1.807, 2.05) is 22.9 Å². The Kier molecular flexibility index (Phi) is 3.66. The van der Waals surface area contributed by atoms with E-state index in [0.717, 1.165) is 38.8 Å². The molecule has 4 nitrogen and oxygen atoms in total. The van der Waals surface area contributed by atoms with Gasteiger partial charge in [0.15, 0.2) is 0 Å². The highest BCUT2D eigenvalue weighted by molar-refractivity contribution is 5.85. The molecule has 0 aromatic heterocycles. The van der Waals surface area contributed by atoms with Gasteiger partial charge in [-0.1, -0.05) is 31.2 Å². The first-order valence-corrected chi connectivity index (χ1v) is 9.11. The summed E-state index contributed by atoms with van der Waals surface area (Å²) in [4.78, 5) is 29.5. The van der Waals surface area contributed by atoms with Crippen molar-refractivity contribution in [1.29, 1.82) is 0 Å². The zero-order chi connectivity index (χ0) is 16.9. The fourth-order valence-corrected chi connectivity index (χ4v) is 4.50. The van der Waals surface area contributed by atoms with Gasteiger partial charge in [-0.2, -0.15) is 0 Å². The Balaban J connectivity index is 1.54. The van der Waals surface area contributed by atoms with Crippen LogP contribution in [0.5, 0.6) is 0 Å². The normalized spacial score (nSPS) is 28.5. The molecule has 2 aliphatic heterocycles. The van der Waals surface area contributed by atoms with Crippen molar-refractivity contribution in [1.82, 2.24) is 9.80 Å². The van der Waals surface area contributed by atoms with E-state index in [2.05, 4.69) is 25.1 Å². The average molecular weight is 326 g/mol. The summed E-state index contributed by atoms with van der Waals surface area (Å²) in [5, 5.41) is 0. The van der Waals surface area contributed by atoms with Gasteiger partial charge in [-0.3, -0.25) is 9.59 Å². The fourth-order valence-electron chi connectivity index (χ4n) is 4.50. The molecule has 24 heavy (non-hydrogen) atoms. The number of likely N-dealkylation sites (tertiary alicyclic amines) is 1. The molecule has 3 aliphatic rings. The van der Waals surface area contributed by atoms with Crippen LogP contribution >= 0.6 is 0 Å². The molecule has 1 spiro atoms. The number of rotatable bonds is 1. The summed E-state index contributed by atoms with van der Waals surface area (Å²) in [5.41, 5.74) is 2.23. The van der Waals surface area contributed by atoms with Crippen LogP contribution in [0.15, 0.2) is 24.3 Å². The van der Waals surface area contributed by atoms with Crippen LogP contribution in [0.2, 0.25) is 0 Å².